The highest BCUT2D eigenvalue weighted by molar-refractivity contribution is 5.83. The summed E-state index contributed by atoms with van der Waals surface area (Å²) < 4.78 is 4.90. The van der Waals surface area contributed by atoms with Crippen LogP contribution in [0.25, 0.3) is 0 Å². The maximum atomic E-state index is 11.2. The molecular formula is C10H15N3O3. The van der Waals surface area contributed by atoms with E-state index in [1.54, 1.807) is 0 Å². The Bertz CT molecular complexity index is 389. The Kier molecular flexibility index (Phi) is 5.04. The number of nitrogens with one attached hydrogen (secondary N) is 2. The van der Waals surface area contributed by atoms with Crippen LogP contribution in [0.15, 0.2) is 17.1 Å². The van der Waals surface area contributed by atoms with E-state index in [-0.39, 0.29) is 5.82 Å². The quantitative estimate of drug-likeness (QED) is 0.744. The normalized spacial score (nSPS) is 9.81. The Morgan fingerprint density at radius 2 is 2.38 bits per heavy atom. The highest BCUT2D eigenvalue weighted by atomic mass is 16.5. The molecule has 1 aromatic heterocycles. The number of rotatable bonds is 5. The molecule has 16 heavy (non-hydrogen) atoms. The standard InChI is InChI=1S/C10H15N3O3/c1-2-3-4-7-16-10(15)13-8-5-6-11-9(14)12-8/h5-6H,2-4,7H2,1H3,(H2,11,12,13,14,15). The summed E-state index contributed by atoms with van der Waals surface area (Å²) in [6.45, 7) is 2.46. The molecule has 0 saturated heterocycles. The summed E-state index contributed by atoms with van der Waals surface area (Å²) in [7, 11) is 0. The second kappa shape index (κ2) is 6.60. The molecule has 6 nitrogen and oxygen atoms in total. The van der Waals surface area contributed by atoms with Gasteiger partial charge in [-0.2, -0.15) is 0 Å². The number of hydrogen-bond acceptors (Lipinski definition) is 4. The van der Waals surface area contributed by atoms with E-state index in [9.17, 15) is 9.59 Å². The van der Waals surface area contributed by atoms with Gasteiger partial charge in [-0.15, -0.1) is 0 Å². The van der Waals surface area contributed by atoms with Crippen molar-refractivity contribution >= 4 is 11.9 Å². The monoisotopic (exact) mass is 225 g/mol. The van der Waals surface area contributed by atoms with Crippen LogP contribution in [0.5, 0.6) is 0 Å². The minimum absolute atomic E-state index is 0.278. The van der Waals surface area contributed by atoms with Crippen molar-refractivity contribution in [2.24, 2.45) is 0 Å². The zero-order valence-corrected chi connectivity index (χ0v) is 9.16. The summed E-state index contributed by atoms with van der Waals surface area (Å²) in [6, 6.07) is 1.48. The van der Waals surface area contributed by atoms with Crippen LogP contribution in [0.4, 0.5) is 10.6 Å². The van der Waals surface area contributed by atoms with Gasteiger partial charge in [-0.3, -0.25) is 10.3 Å². The third-order valence-corrected chi connectivity index (χ3v) is 1.89. The SMILES string of the molecule is CCCCCOC(=O)Nc1ccnc(=O)[nH]1. The van der Waals surface area contributed by atoms with Crippen molar-refractivity contribution in [3.05, 3.63) is 22.7 Å². The molecule has 0 spiro atoms. The molecule has 0 unspecified atom stereocenters. The van der Waals surface area contributed by atoms with E-state index in [2.05, 4.69) is 22.2 Å². The molecule has 2 N–H and O–H groups in total. The Morgan fingerprint density at radius 1 is 1.56 bits per heavy atom. The van der Waals surface area contributed by atoms with Crippen molar-refractivity contribution < 1.29 is 9.53 Å². The predicted molar refractivity (Wildman–Crippen MR) is 59.4 cm³/mol. The van der Waals surface area contributed by atoms with E-state index in [0.717, 1.165) is 19.3 Å². The topological polar surface area (TPSA) is 84.1 Å². The molecule has 0 aliphatic heterocycles. The lowest BCUT2D eigenvalue weighted by Crippen LogP contribution is -2.18. The summed E-state index contributed by atoms with van der Waals surface area (Å²) in [5, 5.41) is 2.40. The fourth-order valence-electron chi connectivity index (χ4n) is 1.10. The molecule has 1 rings (SSSR count). The average molecular weight is 225 g/mol. The van der Waals surface area contributed by atoms with Gasteiger partial charge in [-0.1, -0.05) is 19.8 Å². The van der Waals surface area contributed by atoms with Crippen LogP contribution >= 0.6 is 0 Å². The van der Waals surface area contributed by atoms with E-state index >= 15 is 0 Å². The van der Waals surface area contributed by atoms with Crippen molar-refractivity contribution in [3.8, 4) is 0 Å². The number of carbonyl (C=O) groups is 1. The maximum Gasteiger partial charge on any atom is 0.412 e. The molecule has 0 atom stereocenters. The first kappa shape index (κ1) is 12.2. The molecule has 0 saturated carbocycles. The van der Waals surface area contributed by atoms with Gasteiger partial charge in [0, 0.05) is 6.20 Å². The van der Waals surface area contributed by atoms with Crippen LogP contribution in [0.1, 0.15) is 26.2 Å². The van der Waals surface area contributed by atoms with Gasteiger partial charge < -0.3 is 4.74 Å². The molecule has 0 aliphatic rings. The first-order chi connectivity index (χ1) is 7.72. The summed E-state index contributed by atoms with van der Waals surface area (Å²) >= 11 is 0. The highest BCUT2D eigenvalue weighted by Crippen LogP contribution is 1.99. The Balaban J connectivity index is 2.31. The fourth-order valence-corrected chi connectivity index (χ4v) is 1.10. The number of carbonyl (C=O) groups excluding carboxylic acids is 1. The second-order valence-corrected chi connectivity index (χ2v) is 3.26. The van der Waals surface area contributed by atoms with Crippen molar-refractivity contribution in [1.29, 1.82) is 0 Å². The molecular weight excluding hydrogens is 210 g/mol. The van der Waals surface area contributed by atoms with Gasteiger partial charge in [0.1, 0.15) is 5.82 Å². The number of unbranched alkanes of at least 4 members (excludes halogenated alkanes) is 2. The molecule has 1 aromatic rings. The number of hydrogen-bond donors (Lipinski definition) is 2. The summed E-state index contributed by atoms with van der Waals surface area (Å²) in [6.07, 6.45) is 3.68. The van der Waals surface area contributed by atoms with Crippen molar-refractivity contribution in [3.63, 3.8) is 0 Å². The summed E-state index contributed by atoms with van der Waals surface area (Å²) in [5.74, 6) is 0.278. The average Bonchev–Trinajstić information content (AvgIpc) is 2.24. The largest absolute Gasteiger partial charge is 0.449 e. The minimum Gasteiger partial charge on any atom is -0.449 e. The molecule has 88 valence electrons. The number of ether oxygens (including phenoxy) is 1. The maximum absolute atomic E-state index is 11.2. The number of aromatic amines is 1. The Morgan fingerprint density at radius 3 is 3.06 bits per heavy atom. The van der Waals surface area contributed by atoms with Gasteiger partial charge in [-0.05, 0) is 12.5 Å². The number of amides is 1. The summed E-state index contributed by atoms with van der Waals surface area (Å²) in [4.78, 5) is 27.8. The molecule has 6 heteroatoms. The molecule has 0 fully saturated rings. The summed E-state index contributed by atoms with van der Waals surface area (Å²) in [5.41, 5.74) is -0.510. The molecule has 0 aliphatic carbocycles. The Hall–Kier alpha value is -1.85. The third kappa shape index (κ3) is 4.59. The Labute approximate surface area is 93.0 Å². The van der Waals surface area contributed by atoms with Crippen molar-refractivity contribution in [1.82, 2.24) is 9.97 Å². The number of aromatic nitrogens is 2. The van der Waals surface area contributed by atoms with Gasteiger partial charge in [0.25, 0.3) is 0 Å². The van der Waals surface area contributed by atoms with Gasteiger partial charge >= 0.3 is 11.8 Å². The first-order valence-electron chi connectivity index (χ1n) is 5.21. The van der Waals surface area contributed by atoms with E-state index in [4.69, 9.17) is 4.74 Å². The predicted octanol–water partition coefficient (Wildman–Crippen LogP) is 1.51. The third-order valence-electron chi connectivity index (χ3n) is 1.89. The van der Waals surface area contributed by atoms with E-state index < -0.39 is 11.8 Å². The fraction of sp³-hybridized carbons (Fsp3) is 0.500. The highest BCUT2D eigenvalue weighted by Gasteiger charge is 2.02. The molecule has 0 aromatic carbocycles. The number of H-pyrrole nitrogens is 1. The lowest BCUT2D eigenvalue weighted by Gasteiger charge is -2.05. The number of nitrogens with zero attached hydrogens (tertiary/aromatic N) is 1. The first-order valence-corrected chi connectivity index (χ1v) is 5.21. The smallest absolute Gasteiger partial charge is 0.412 e. The van der Waals surface area contributed by atoms with Crippen LogP contribution in [0, 0.1) is 0 Å². The van der Waals surface area contributed by atoms with E-state index in [0.29, 0.717) is 6.61 Å². The lowest BCUT2D eigenvalue weighted by atomic mass is 10.3. The van der Waals surface area contributed by atoms with Gasteiger partial charge in [0.05, 0.1) is 6.61 Å². The van der Waals surface area contributed by atoms with Crippen LogP contribution in [-0.4, -0.2) is 22.7 Å². The van der Waals surface area contributed by atoms with Crippen LogP contribution < -0.4 is 11.0 Å². The van der Waals surface area contributed by atoms with Gasteiger partial charge in [0.2, 0.25) is 0 Å². The minimum atomic E-state index is -0.571. The van der Waals surface area contributed by atoms with E-state index in [1.165, 1.54) is 12.3 Å². The van der Waals surface area contributed by atoms with Crippen LogP contribution in [0.3, 0.4) is 0 Å². The van der Waals surface area contributed by atoms with Crippen LogP contribution in [0.2, 0.25) is 0 Å². The van der Waals surface area contributed by atoms with Crippen LogP contribution in [-0.2, 0) is 4.74 Å². The van der Waals surface area contributed by atoms with Crippen molar-refractivity contribution in [2.45, 2.75) is 26.2 Å². The van der Waals surface area contributed by atoms with Gasteiger partial charge in [-0.25, -0.2) is 14.6 Å². The molecule has 1 amide bonds. The molecule has 0 bridgehead atoms. The number of anilines is 1. The van der Waals surface area contributed by atoms with Crippen molar-refractivity contribution in [2.75, 3.05) is 11.9 Å². The van der Waals surface area contributed by atoms with Gasteiger partial charge in [0.15, 0.2) is 0 Å². The molecule has 0 radical (unpaired) electrons. The zero-order chi connectivity index (χ0) is 11.8. The second-order valence-electron chi connectivity index (χ2n) is 3.26. The lowest BCUT2D eigenvalue weighted by molar-refractivity contribution is 0.159. The zero-order valence-electron chi connectivity index (χ0n) is 9.16. The molecule has 1 heterocycles. The van der Waals surface area contributed by atoms with E-state index in [1.807, 2.05) is 0 Å².